The first-order valence-corrected chi connectivity index (χ1v) is 5.71. The van der Waals surface area contributed by atoms with Crippen LogP contribution >= 0.6 is 0 Å². The van der Waals surface area contributed by atoms with Gasteiger partial charge in [0.15, 0.2) is 0 Å². The molecule has 0 aliphatic carbocycles. The minimum Gasteiger partial charge on any atom is -0.481 e. The fourth-order valence-electron chi connectivity index (χ4n) is 1.67. The van der Waals surface area contributed by atoms with Crippen LogP contribution in [0.2, 0.25) is 0 Å². The highest BCUT2D eigenvalue weighted by Crippen LogP contribution is 2.19. The molecule has 0 radical (unpaired) electrons. The van der Waals surface area contributed by atoms with Crippen LogP contribution in [-0.4, -0.2) is 13.2 Å². The number of hydrogen-bond donors (Lipinski definition) is 1. The Labute approximate surface area is 98.0 Å². The Morgan fingerprint density at radius 2 is 2.00 bits per heavy atom. The second-order valence-corrected chi connectivity index (χ2v) is 3.58. The maximum atomic E-state index is 5.33. The van der Waals surface area contributed by atoms with E-state index >= 15 is 0 Å². The number of rotatable bonds is 6. The van der Waals surface area contributed by atoms with Crippen molar-refractivity contribution in [3.63, 3.8) is 0 Å². The van der Waals surface area contributed by atoms with E-state index in [4.69, 9.17) is 11.2 Å². The monoisotopic (exact) mass is 217 g/mol. The lowest BCUT2D eigenvalue weighted by Crippen LogP contribution is -2.19. The quantitative estimate of drug-likeness (QED) is 0.740. The van der Waals surface area contributed by atoms with Gasteiger partial charge in [-0.2, -0.15) is 0 Å². The first-order valence-electron chi connectivity index (χ1n) is 5.71. The molecule has 1 aromatic carbocycles. The predicted octanol–water partition coefficient (Wildman–Crippen LogP) is 2.76. The zero-order valence-electron chi connectivity index (χ0n) is 9.99. The van der Waals surface area contributed by atoms with E-state index in [2.05, 4.69) is 37.2 Å². The smallest absolute Gasteiger partial charge is 0.148 e. The molecule has 1 atom stereocenters. The van der Waals surface area contributed by atoms with Gasteiger partial charge in [0, 0.05) is 6.04 Å². The zero-order chi connectivity index (χ0) is 11.8. The molecule has 16 heavy (non-hydrogen) atoms. The molecule has 1 aromatic rings. The number of terminal acetylenes is 1. The molecule has 0 heterocycles. The summed E-state index contributed by atoms with van der Waals surface area (Å²) in [6, 6.07) is 8.52. The van der Waals surface area contributed by atoms with Crippen molar-refractivity contribution >= 4 is 0 Å². The lowest BCUT2D eigenvalue weighted by Gasteiger charge is -2.16. The van der Waals surface area contributed by atoms with E-state index in [0.29, 0.717) is 12.6 Å². The van der Waals surface area contributed by atoms with Gasteiger partial charge >= 0.3 is 0 Å². The summed E-state index contributed by atoms with van der Waals surface area (Å²) in [5.74, 6) is 3.28. The summed E-state index contributed by atoms with van der Waals surface area (Å²) in [5, 5.41) is 3.44. The van der Waals surface area contributed by atoms with Crippen molar-refractivity contribution in [1.29, 1.82) is 0 Å². The van der Waals surface area contributed by atoms with Crippen LogP contribution in [0.3, 0.4) is 0 Å². The van der Waals surface area contributed by atoms with Gasteiger partial charge in [-0.15, -0.1) is 6.42 Å². The van der Waals surface area contributed by atoms with Crippen LogP contribution in [0.1, 0.15) is 31.9 Å². The van der Waals surface area contributed by atoms with Gasteiger partial charge in [-0.1, -0.05) is 31.9 Å². The first kappa shape index (κ1) is 12.6. The fraction of sp³-hybridized carbons (Fsp3) is 0.429. The molecule has 0 saturated heterocycles. The zero-order valence-corrected chi connectivity index (χ0v) is 9.99. The minimum absolute atomic E-state index is 0.323. The normalized spacial score (nSPS) is 11.8. The van der Waals surface area contributed by atoms with E-state index < -0.39 is 0 Å². The van der Waals surface area contributed by atoms with Gasteiger partial charge in [-0.05, 0) is 30.7 Å². The van der Waals surface area contributed by atoms with Crippen LogP contribution in [0, 0.1) is 12.3 Å². The molecule has 86 valence electrons. The van der Waals surface area contributed by atoms with Crippen molar-refractivity contribution in [3.05, 3.63) is 29.8 Å². The summed E-state index contributed by atoms with van der Waals surface area (Å²) >= 11 is 0. The predicted molar refractivity (Wildman–Crippen MR) is 67.5 cm³/mol. The largest absolute Gasteiger partial charge is 0.481 e. The van der Waals surface area contributed by atoms with Crippen molar-refractivity contribution in [3.8, 4) is 18.1 Å². The SMILES string of the molecule is C#CCOc1ccc(C(CC)NCC)cc1. The third kappa shape index (κ3) is 3.60. The molecule has 2 heteroatoms. The Bertz CT molecular complexity index is 337. The summed E-state index contributed by atoms with van der Waals surface area (Å²) in [6.45, 7) is 5.60. The molecule has 1 N–H and O–H groups in total. The van der Waals surface area contributed by atoms with Gasteiger partial charge in [0.2, 0.25) is 0 Å². The van der Waals surface area contributed by atoms with Gasteiger partial charge in [0.1, 0.15) is 12.4 Å². The summed E-state index contributed by atoms with van der Waals surface area (Å²) < 4.78 is 5.33. The van der Waals surface area contributed by atoms with Gasteiger partial charge in [-0.3, -0.25) is 0 Å². The second-order valence-electron chi connectivity index (χ2n) is 3.58. The van der Waals surface area contributed by atoms with Crippen molar-refractivity contribution in [2.75, 3.05) is 13.2 Å². The third-order valence-corrected chi connectivity index (χ3v) is 2.46. The maximum absolute atomic E-state index is 5.33. The van der Waals surface area contributed by atoms with E-state index in [-0.39, 0.29) is 0 Å². The summed E-state index contributed by atoms with van der Waals surface area (Å²) in [6.07, 6.45) is 6.21. The van der Waals surface area contributed by atoms with Crippen molar-refractivity contribution in [1.82, 2.24) is 5.32 Å². The average Bonchev–Trinajstić information content (AvgIpc) is 2.34. The molecule has 0 bridgehead atoms. The number of hydrogen-bond acceptors (Lipinski definition) is 2. The van der Waals surface area contributed by atoms with Crippen LogP contribution in [-0.2, 0) is 0 Å². The highest BCUT2D eigenvalue weighted by Gasteiger charge is 2.06. The molecule has 0 aliphatic rings. The maximum Gasteiger partial charge on any atom is 0.148 e. The fourth-order valence-corrected chi connectivity index (χ4v) is 1.67. The number of benzene rings is 1. The molecule has 0 saturated carbocycles. The van der Waals surface area contributed by atoms with Crippen LogP contribution in [0.25, 0.3) is 0 Å². The minimum atomic E-state index is 0.323. The molecule has 0 aliphatic heterocycles. The second kappa shape index (κ2) is 6.92. The average molecular weight is 217 g/mol. The Balaban J connectivity index is 2.66. The molecule has 0 amide bonds. The highest BCUT2D eigenvalue weighted by atomic mass is 16.5. The molecule has 2 nitrogen and oxygen atoms in total. The van der Waals surface area contributed by atoms with E-state index in [9.17, 15) is 0 Å². The molecule has 0 fully saturated rings. The van der Waals surface area contributed by atoms with Crippen LogP contribution < -0.4 is 10.1 Å². The lowest BCUT2D eigenvalue weighted by atomic mass is 10.0. The van der Waals surface area contributed by atoms with Crippen LogP contribution in [0.4, 0.5) is 0 Å². The molecule has 0 spiro atoms. The van der Waals surface area contributed by atoms with Crippen LogP contribution in [0.15, 0.2) is 24.3 Å². The number of nitrogens with one attached hydrogen (secondary N) is 1. The van der Waals surface area contributed by atoms with Gasteiger partial charge in [0.05, 0.1) is 0 Å². The molecule has 1 rings (SSSR count). The van der Waals surface area contributed by atoms with Crippen molar-refractivity contribution in [2.24, 2.45) is 0 Å². The van der Waals surface area contributed by atoms with Gasteiger partial charge in [0.25, 0.3) is 0 Å². The van der Waals surface area contributed by atoms with Crippen molar-refractivity contribution in [2.45, 2.75) is 26.3 Å². The Morgan fingerprint density at radius 3 is 2.50 bits per heavy atom. The topological polar surface area (TPSA) is 21.3 Å². The van der Waals surface area contributed by atoms with Gasteiger partial charge in [-0.25, -0.2) is 0 Å². The lowest BCUT2D eigenvalue weighted by molar-refractivity contribution is 0.370. The summed E-state index contributed by atoms with van der Waals surface area (Å²) in [7, 11) is 0. The molecular formula is C14H19NO. The first-order chi connectivity index (χ1) is 7.81. The highest BCUT2D eigenvalue weighted by molar-refractivity contribution is 5.29. The molecule has 0 aromatic heterocycles. The van der Waals surface area contributed by atoms with Crippen LogP contribution in [0.5, 0.6) is 5.75 Å². The van der Waals surface area contributed by atoms with E-state index in [1.54, 1.807) is 0 Å². The standard InChI is InChI=1S/C14H19NO/c1-4-11-16-13-9-7-12(8-10-13)14(5-2)15-6-3/h1,7-10,14-15H,5-6,11H2,2-3H3. The summed E-state index contributed by atoms with van der Waals surface area (Å²) in [5.41, 5.74) is 1.29. The molecule has 1 unspecified atom stereocenters. The van der Waals surface area contributed by atoms with Gasteiger partial charge < -0.3 is 10.1 Å². The van der Waals surface area contributed by atoms with E-state index in [0.717, 1.165) is 18.7 Å². The van der Waals surface area contributed by atoms with E-state index in [1.165, 1.54) is 5.56 Å². The van der Waals surface area contributed by atoms with Crippen molar-refractivity contribution < 1.29 is 4.74 Å². The number of ether oxygens (including phenoxy) is 1. The Kier molecular flexibility index (Phi) is 5.45. The Morgan fingerprint density at radius 1 is 1.31 bits per heavy atom. The summed E-state index contributed by atoms with van der Waals surface area (Å²) in [4.78, 5) is 0. The third-order valence-electron chi connectivity index (χ3n) is 2.46. The Hall–Kier alpha value is -1.46. The molecular weight excluding hydrogens is 198 g/mol. The van der Waals surface area contributed by atoms with E-state index in [1.807, 2.05) is 12.1 Å².